The van der Waals surface area contributed by atoms with Crippen LogP contribution in [-0.4, -0.2) is 27.9 Å². The first-order valence-corrected chi connectivity index (χ1v) is 10.9. The Morgan fingerprint density at radius 1 is 1.09 bits per heavy atom. The lowest BCUT2D eigenvalue weighted by Gasteiger charge is -2.08. The molecule has 0 saturated heterocycles. The van der Waals surface area contributed by atoms with Crippen LogP contribution in [0, 0.1) is 6.92 Å². The maximum atomic E-state index is 12.7. The Kier molecular flexibility index (Phi) is 7.03. The summed E-state index contributed by atoms with van der Waals surface area (Å²) in [5.74, 6) is -0.0530. The van der Waals surface area contributed by atoms with Crippen molar-refractivity contribution in [3.05, 3.63) is 102 Å². The SMILES string of the molecule is CCOC(=O)/C=C/c1ccc(NC(=O)c2cccc(OCc3cn4cccc(C)c4n3)c2)cc1. The molecule has 7 heteroatoms. The average Bonchev–Trinajstić information content (AvgIpc) is 3.27. The molecular weight excluding hydrogens is 430 g/mol. The molecule has 0 saturated carbocycles. The van der Waals surface area contributed by atoms with Gasteiger partial charge in [0.1, 0.15) is 18.0 Å². The Hall–Kier alpha value is -4.39. The highest BCUT2D eigenvalue weighted by molar-refractivity contribution is 6.04. The van der Waals surface area contributed by atoms with Gasteiger partial charge in [-0.2, -0.15) is 0 Å². The molecule has 2 aromatic carbocycles. The van der Waals surface area contributed by atoms with Gasteiger partial charge >= 0.3 is 5.97 Å². The maximum absolute atomic E-state index is 12.7. The van der Waals surface area contributed by atoms with E-state index in [1.54, 1.807) is 55.5 Å². The number of aromatic nitrogens is 2. The van der Waals surface area contributed by atoms with Crippen LogP contribution in [0.4, 0.5) is 5.69 Å². The highest BCUT2D eigenvalue weighted by Crippen LogP contribution is 2.18. The lowest BCUT2D eigenvalue weighted by atomic mass is 10.1. The van der Waals surface area contributed by atoms with Gasteiger partial charge in [0.15, 0.2) is 0 Å². The van der Waals surface area contributed by atoms with E-state index < -0.39 is 5.97 Å². The molecule has 0 bridgehead atoms. The van der Waals surface area contributed by atoms with Gasteiger partial charge in [0.2, 0.25) is 0 Å². The van der Waals surface area contributed by atoms with Gasteiger partial charge in [-0.05, 0) is 67.4 Å². The summed E-state index contributed by atoms with van der Waals surface area (Å²) in [7, 11) is 0. The van der Waals surface area contributed by atoms with E-state index in [4.69, 9.17) is 9.47 Å². The number of imidazole rings is 1. The van der Waals surface area contributed by atoms with Gasteiger partial charge in [-0.15, -0.1) is 0 Å². The van der Waals surface area contributed by atoms with E-state index in [-0.39, 0.29) is 5.91 Å². The molecular formula is C27H25N3O4. The zero-order valence-electron chi connectivity index (χ0n) is 19.0. The Labute approximate surface area is 197 Å². The third kappa shape index (κ3) is 5.69. The molecule has 0 unspecified atom stereocenters. The first-order chi connectivity index (χ1) is 16.5. The summed E-state index contributed by atoms with van der Waals surface area (Å²) in [6, 6.07) is 18.2. The first kappa shape index (κ1) is 22.8. The summed E-state index contributed by atoms with van der Waals surface area (Å²) in [5.41, 5.74) is 4.75. The van der Waals surface area contributed by atoms with Gasteiger partial charge in [0.05, 0.1) is 12.3 Å². The molecule has 4 aromatic rings. The predicted octanol–water partition coefficient (Wildman–Crippen LogP) is 5.05. The van der Waals surface area contributed by atoms with Crippen LogP contribution in [0.15, 0.2) is 79.1 Å². The van der Waals surface area contributed by atoms with Crippen molar-refractivity contribution in [1.29, 1.82) is 0 Å². The number of hydrogen-bond donors (Lipinski definition) is 1. The summed E-state index contributed by atoms with van der Waals surface area (Å²) in [4.78, 5) is 28.7. The molecule has 172 valence electrons. The van der Waals surface area contributed by atoms with Crippen molar-refractivity contribution in [2.75, 3.05) is 11.9 Å². The summed E-state index contributed by atoms with van der Waals surface area (Å²) >= 11 is 0. The molecule has 1 amide bonds. The lowest BCUT2D eigenvalue weighted by Crippen LogP contribution is -2.12. The van der Waals surface area contributed by atoms with Gasteiger partial charge in [0.25, 0.3) is 5.91 Å². The standard InChI is InChI=1S/C27H25N3O4/c1-3-33-25(31)14-11-20-9-12-22(13-10-20)29-27(32)21-7-4-8-24(16-21)34-18-23-17-30-15-5-6-19(2)26(30)28-23/h4-17H,3,18H2,1-2H3,(H,29,32)/b14-11+. The van der Waals surface area contributed by atoms with E-state index in [9.17, 15) is 9.59 Å². The van der Waals surface area contributed by atoms with E-state index in [1.165, 1.54) is 6.08 Å². The summed E-state index contributed by atoms with van der Waals surface area (Å²) in [5, 5.41) is 2.87. The number of nitrogens with zero attached hydrogens (tertiary/aromatic N) is 2. The number of rotatable bonds is 8. The third-order valence-electron chi connectivity index (χ3n) is 5.08. The molecule has 4 rings (SSSR count). The minimum absolute atomic E-state index is 0.247. The van der Waals surface area contributed by atoms with Crippen LogP contribution in [0.3, 0.4) is 0 Å². The smallest absolute Gasteiger partial charge is 0.330 e. The molecule has 0 aliphatic carbocycles. The van der Waals surface area contributed by atoms with Gasteiger partial charge in [0, 0.05) is 29.7 Å². The van der Waals surface area contributed by atoms with Crippen molar-refractivity contribution >= 4 is 29.3 Å². The summed E-state index contributed by atoms with van der Waals surface area (Å²) in [6.07, 6.45) is 6.92. The molecule has 0 aliphatic rings. The van der Waals surface area contributed by atoms with Crippen LogP contribution in [0.25, 0.3) is 11.7 Å². The number of benzene rings is 2. The van der Waals surface area contributed by atoms with Crippen LogP contribution in [-0.2, 0) is 16.1 Å². The number of nitrogens with one attached hydrogen (secondary N) is 1. The van der Waals surface area contributed by atoms with Crippen molar-refractivity contribution in [3.8, 4) is 5.75 Å². The average molecular weight is 456 g/mol. The normalized spacial score (nSPS) is 11.0. The Morgan fingerprint density at radius 3 is 2.68 bits per heavy atom. The Balaban J connectivity index is 1.36. The second-order valence-corrected chi connectivity index (χ2v) is 7.63. The Morgan fingerprint density at radius 2 is 1.91 bits per heavy atom. The third-order valence-corrected chi connectivity index (χ3v) is 5.08. The number of carbonyl (C=O) groups excluding carboxylic acids is 2. The molecule has 7 nitrogen and oxygen atoms in total. The molecule has 2 heterocycles. The summed E-state index contributed by atoms with van der Waals surface area (Å²) < 4.78 is 12.7. The molecule has 1 N–H and O–H groups in total. The van der Waals surface area contributed by atoms with E-state index in [2.05, 4.69) is 10.3 Å². The molecule has 0 radical (unpaired) electrons. The molecule has 0 fully saturated rings. The fourth-order valence-electron chi connectivity index (χ4n) is 3.39. The predicted molar refractivity (Wildman–Crippen MR) is 131 cm³/mol. The monoisotopic (exact) mass is 455 g/mol. The highest BCUT2D eigenvalue weighted by Gasteiger charge is 2.09. The van der Waals surface area contributed by atoms with Crippen molar-refractivity contribution in [2.24, 2.45) is 0 Å². The minimum Gasteiger partial charge on any atom is -0.487 e. The molecule has 0 atom stereocenters. The Bertz CT molecular complexity index is 1340. The van der Waals surface area contributed by atoms with Crippen LogP contribution < -0.4 is 10.1 Å². The number of ether oxygens (including phenoxy) is 2. The number of carbonyl (C=O) groups is 2. The van der Waals surface area contributed by atoms with E-state index in [1.807, 2.05) is 41.9 Å². The minimum atomic E-state index is -0.390. The number of esters is 1. The van der Waals surface area contributed by atoms with Crippen molar-refractivity contribution in [3.63, 3.8) is 0 Å². The number of hydrogen-bond acceptors (Lipinski definition) is 5. The lowest BCUT2D eigenvalue weighted by molar-refractivity contribution is -0.137. The summed E-state index contributed by atoms with van der Waals surface area (Å²) in [6.45, 7) is 4.41. The van der Waals surface area contributed by atoms with Gasteiger partial charge in [-0.1, -0.05) is 24.3 Å². The van der Waals surface area contributed by atoms with Gasteiger partial charge in [-0.25, -0.2) is 9.78 Å². The van der Waals surface area contributed by atoms with Crippen LogP contribution in [0.2, 0.25) is 0 Å². The largest absolute Gasteiger partial charge is 0.487 e. The number of fused-ring (bicyclic) bond motifs is 1. The first-order valence-electron chi connectivity index (χ1n) is 10.9. The highest BCUT2D eigenvalue weighted by atomic mass is 16.5. The van der Waals surface area contributed by atoms with E-state index in [0.717, 1.165) is 22.5 Å². The quantitative estimate of drug-likeness (QED) is 0.297. The zero-order chi connectivity index (χ0) is 23.9. The molecule has 34 heavy (non-hydrogen) atoms. The maximum Gasteiger partial charge on any atom is 0.330 e. The topological polar surface area (TPSA) is 81.9 Å². The van der Waals surface area contributed by atoms with E-state index in [0.29, 0.717) is 30.2 Å². The number of aryl methyl sites for hydroxylation is 1. The zero-order valence-corrected chi connectivity index (χ0v) is 19.0. The van der Waals surface area contributed by atoms with Crippen molar-refractivity contribution in [2.45, 2.75) is 20.5 Å². The fraction of sp³-hybridized carbons (Fsp3) is 0.148. The van der Waals surface area contributed by atoms with Crippen molar-refractivity contribution < 1.29 is 19.1 Å². The number of amides is 1. The van der Waals surface area contributed by atoms with E-state index >= 15 is 0 Å². The second-order valence-electron chi connectivity index (χ2n) is 7.63. The molecule has 0 aliphatic heterocycles. The van der Waals surface area contributed by atoms with Crippen LogP contribution >= 0.6 is 0 Å². The van der Waals surface area contributed by atoms with Crippen LogP contribution in [0.1, 0.15) is 34.1 Å². The fourth-order valence-corrected chi connectivity index (χ4v) is 3.39. The molecule has 2 aromatic heterocycles. The van der Waals surface area contributed by atoms with Crippen LogP contribution in [0.5, 0.6) is 5.75 Å². The number of anilines is 1. The second kappa shape index (κ2) is 10.5. The molecule has 0 spiro atoms. The number of pyridine rings is 1. The van der Waals surface area contributed by atoms with Gasteiger partial charge < -0.3 is 19.2 Å². The van der Waals surface area contributed by atoms with Crippen molar-refractivity contribution in [1.82, 2.24) is 9.38 Å². The van der Waals surface area contributed by atoms with Gasteiger partial charge in [-0.3, -0.25) is 4.79 Å².